The van der Waals surface area contributed by atoms with Gasteiger partial charge in [0.05, 0.1) is 17.8 Å². The molecule has 4 aliphatic rings. The summed E-state index contributed by atoms with van der Waals surface area (Å²) < 4.78 is 11.4. The fraction of sp³-hybridized carbons (Fsp3) is 1.00. The van der Waals surface area contributed by atoms with Crippen LogP contribution in [0.3, 0.4) is 0 Å². The maximum atomic E-state index is 10.2. The number of hydrogen-bond donors (Lipinski definition) is 1. The molecule has 0 spiro atoms. The first kappa shape index (κ1) is 7.30. The molecule has 4 heterocycles. The minimum absolute atomic E-state index is 0.0822. The molecule has 5 atom stereocenters. The minimum atomic E-state index is -0.787. The Hall–Kier alpha value is -0.120. The standard InChI is InChI=1S/C9H14O3/c1-8-4-5-3-6(12-8)7(11-5)9(8,2)10/h5-7,10H,3-4H2,1-2H3. The van der Waals surface area contributed by atoms with E-state index in [2.05, 4.69) is 0 Å². The number of rotatable bonds is 0. The van der Waals surface area contributed by atoms with Crippen molar-refractivity contribution in [1.82, 2.24) is 0 Å². The van der Waals surface area contributed by atoms with Crippen molar-refractivity contribution in [2.45, 2.75) is 56.2 Å². The molecule has 0 aromatic carbocycles. The SMILES string of the molecule is CC12CC3CC(O1)C(O3)C2(C)O. The van der Waals surface area contributed by atoms with Gasteiger partial charge in [0.1, 0.15) is 11.7 Å². The van der Waals surface area contributed by atoms with Gasteiger partial charge in [0, 0.05) is 12.8 Å². The van der Waals surface area contributed by atoms with Crippen LogP contribution in [-0.4, -0.2) is 34.6 Å². The van der Waals surface area contributed by atoms with Crippen LogP contribution in [0.25, 0.3) is 0 Å². The molecule has 4 rings (SSSR count). The lowest BCUT2D eigenvalue weighted by Crippen LogP contribution is -2.57. The first-order valence-corrected chi connectivity index (χ1v) is 4.59. The van der Waals surface area contributed by atoms with Crippen molar-refractivity contribution in [2.24, 2.45) is 0 Å². The molecule has 3 heteroatoms. The molecule has 4 saturated heterocycles. The first-order valence-electron chi connectivity index (χ1n) is 4.59. The summed E-state index contributed by atoms with van der Waals surface area (Å²) >= 11 is 0. The Morgan fingerprint density at radius 2 is 2.17 bits per heavy atom. The zero-order valence-electron chi connectivity index (χ0n) is 7.41. The Morgan fingerprint density at radius 3 is 2.75 bits per heavy atom. The number of aliphatic hydroxyl groups is 1. The van der Waals surface area contributed by atoms with Crippen LogP contribution in [0, 0.1) is 0 Å². The highest BCUT2D eigenvalue weighted by Gasteiger charge is 2.68. The molecule has 5 unspecified atom stereocenters. The van der Waals surface area contributed by atoms with Crippen molar-refractivity contribution < 1.29 is 14.6 Å². The van der Waals surface area contributed by atoms with Crippen molar-refractivity contribution in [3.63, 3.8) is 0 Å². The van der Waals surface area contributed by atoms with Crippen LogP contribution in [0.5, 0.6) is 0 Å². The summed E-state index contributed by atoms with van der Waals surface area (Å²) in [6, 6.07) is 0. The molecule has 0 aliphatic carbocycles. The van der Waals surface area contributed by atoms with E-state index in [0.717, 1.165) is 12.8 Å². The fourth-order valence-electron chi connectivity index (χ4n) is 2.91. The lowest BCUT2D eigenvalue weighted by molar-refractivity contribution is -0.202. The molecule has 1 N–H and O–H groups in total. The van der Waals surface area contributed by atoms with Crippen molar-refractivity contribution in [1.29, 1.82) is 0 Å². The Labute approximate surface area is 71.7 Å². The predicted molar refractivity (Wildman–Crippen MR) is 41.8 cm³/mol. The second-order valence-corrected chi connectivity index (χ2v) is 4.65. The first-order chi connectivity index (χ1) is 5.53. The Kier molecular flexibility index (Phi) is 1.04. The lowest BCUT2D eigenvalue weighted by Gasteiger charge is -2.44. The normalized spacial score (nSPS) is 67.8. The molecule has 68 valence electrons. The third-order valence-electron chi connectivity index (χ3n) is 3.83. The van der Waals surface area contributed by atoms with E-state index in [0.29, 0.717) is 6.10 Å². The van der Waals surface area contributed by atoms with Crippen LogP contribution in [0.15, 0.2) is 0 Å². The summed E-state index contributed by atoms with van der Waals surface area (Å²) in [5.74, 6) is 0. The van der Waals surface area contributed by atoms with Crippen molar-refractivity contribution >= 4 is 0 Å². The van der Waals surface area contributed by atoms with Gasteiger partial charge in [-0.1, -0.05) is 0 Å². The molecule has 4 aliphatic heterocycles. The van der Waals surface area contributed by atoms with E-state index in [4.69, 9.17) is 9.47 Å². The topological polar surface area (TPSA) is 38.7 Å². The van der Waals surface area contributed by atoms with Gasteiger partial charge in [0.25, 0.3) is 0 Å². The van der Waals surface area contributed by atoms with Crippen LogP contribution in [0.4, 0.5) is 0 Å². The third kappa shape index (κ3) is 0.573. The molecule has 0 aromatic heterocycles. The van der Waals surface area contributed by atoms with Crippen molar-refractivity contribution in [3.05, 3.63) is 0 Å². The Morgan fingerprint density at radius 1 is 1.42 bits per heavy atom. The van der Waals surface area contributed by atoms with E-state index in [1.807, 2.05) is 13.8 Å². The van der Waals surface area contributed by atoms with E-state index in [-0.39, 0.29) is 17.8 Å². The number of hydrogen-bond acceptors (Lipinski definition) is 3. The summed E-state index contributed by atoms with van der Waals surface area (Å²) in [6.45, 7) is 3.83. The second-order valence-electron chi connectivity index (χ2n) is 4.65. The van der Waals surface area contributed by atoms with Gasteiger partial charge in [-0.3, -0.25) is 0 Å². The van der Waals surface area contributed by atoms with E-state index in [9.17, 15) is 5.11 Å². The van der Waals surface area contributed by atoms with Gasteiger partial charge in [-0.05, 0) is 13.8 Å². The summed E-state index contributed by atoms with van der Waals surface area (Å²) in [5.41, 5.74) is -1.14. The van der Waals surface area contributed by atoms with Crippen LogP contribution in [0.2, 0.25) is 0 Å². The highest BCUT2D eigenvalue weighted by Crippen LogP contribution is 2.55. The molecule has 0 radical (unpaired) electrons. The average Bonchev–Trinajstić information content (AvgIpc) is 2.30. The lowest BCUT2D eigenvalue weighted by atomic mass is 9.80. The smallest absolute Gasteiger partial charge is 0.119 e. The minimum Gasteiger partial charge on any atom is -0.384 e. The molecule has 0 aromatic rings. The second kappa shape index (κ2) is 1.72. The van der Waals surface area contributed by atoms with Gasteiger partial charge < -0.3 is 14.6 Å². The molecule has 4 bridgehead atoms. The maximum Gasteiger partial charge on any atom is 0.119 e. The van der Waals surface area contributed by atoms with Gasteiger partial charge in [-0.25, -0.2) is 0 Å². The predicted octanol–water partition coefficient (Wildman–Crippen LogP) is 0.456. The van der Waals surface area contributed by atoms with Gasteiger partial charge in [-0.15, -0.1) is 0 Å². The molecule has 3 nitrogen and oxygen atoms in total. The number of ether oxygens (including phenoxy) is 2. The van der Waals surface area contributed by atoms with E-state index in [1.165, 1.54) is 0 Å². The van der Waals surface area contributed by atoms with E-state index >= 15 is 0 Å². The van der Waals surface area contributed by atoms with Crippen LogP contribution < -0.4 is 0 Å². The molecule has 4 fully saturated rings. The van der Waals surface area contributed by atoms with E-state index < -0.39 is 5.60 Å². The molecular formula is C9H14O3. The molecular weight excluding hydrogens is 156 g/mol. The van der Waals surface area contributed by atoms with Crippen LogP contribution >= 0.6 is 0 Å². The molecule has 0 amide bonds. The Balaban J connectivity index is 2.09. The van der Waals surface area contributed by atoms with Crippen LogP contribution in [-0.2, 0) is 9.47 Å². The Bertz CT molecular complexity index is 231. The zero-order chi connectivity index (χ0) is 8.56. The monoisotopic (exact) mass is 170 g/mol. The average molecular weight is 170 g/mol. The van der Waals surface area contributed by atoms with Gasteiger partial charge in [0.2, 0.25) is 0 Å². The molecule has 0 saturated carbocycles. The maximum absolute atomic E-state index is 10.2. The quantitative estimate of drug-likeness (QED) is 0.574. The zero-order valence-corrected chi connectivity index (χ0v) is 7.41. The van der Waals surface area contributed by atoms with E-state index in [1.54, 1.807) is 0 Å². The van der Waals surface area contributed by atoms with Crippen molar-refractivity contribution in [2.75, 3.05) is 0 Å². The largest absolute Gasteiger partial charge is 0.384 e. The summed E-state index contributed by atoms with van der Waals surface area (Å²) in [7, 11) is 0. The fourth-order valence-corrected chi connectivity index (χ4v) is 2.91. The van der Waals surface area contributed by atoms with Gasteiger partial charge in [0.15, 0.2) is 0 Å². The van der Waals surface area contributed by atoms with Crippen LogP contribution in [0.1, 0.15) is 26.7 Å². The van der Waals surface area contributed by atoms with Gasteiger partial charge in [-0.2, -0.15) is 0 Å². The molecule has 12 heavy (non-hydrogen) atoms. The summed E-state index contributed by atoms with van der Waals surface area (Å²) in [6.07, 6.45) is 2.20. The summed E-state index contributed by atoms with van der Waals surface area (Å²) in [5, 5.41) is 10.2. The van der Waals surface area contributed by atoms with Crippen molar-refractivity contribution in [3.8, 4) is 0 Å². The van der Waals surface area contributed by atoms with Gasteiger partial charge >= 0.3 is 0 Å². The highest BCUT2D eigenvalue weighted by atomic mass is 16.6. The third-order valence-corrected chi connectivity index (χ3v) is 3.83. The highest BCUT2D eigenvalue weighted by molar-refractivity contribution is 5.17. The summed E-state index contributed by atoms with van der Waals surface area (Å²) in [4.78, 5) is 0.